The number of nitrogens with one attached hydrogen (secondary N) is 2. The molecule has 3 N–H and O–H groups in total. The molecular weight excluding hydrogens is 244 g/mol. The van der Waals surface area contributed by atoms with E-state index in [-0.39, 0.29) is 12.2 Å². The maximum absolute atomic E-state index is 11.6. The number of hydrogen-bond acceptors (Lipinski definition) is 4. The lowest BCUT2D eigenvalue weighted by atomic mass is 10.1. The predicted octanol–water partition coefficient (Wildman–Crippen LogP) is 0.877. The maximum Gasteiger partial charge on any atom is 0.256 e. The minimum absolute atomic E-state index is 0.142. The third-order valence-electron chi connectivity index (χ3n) is 2.83. The molecule has 19 heavy (non-hydrogen) atoms. The van der Waals surface area contributed by atoms with E-state index in [4.69, 9.17) is 4.74 Å². The van der Waals surface area contributed by atoms with Gasteiger partial charge in [0.05, 0.1) is 5.39 Å². The lowest BCUT2D eigenvalue weighted by molar-refractivity contribution is 0.107. The fourth-order valence-corrected chi connectivity index (χ4v) is 1.86. The average molecular weight is 262 g/mol. The summed E-state index contributed by atoms with van der Waals surface area (Å²) in [5.41, 5.74) is -0.142. The summed E-state index contributed by atoms with van der Waals surface area (Å²) in [5, 5.41) is 14.1. The molecule has 5 nitrogen and oxygen atoms in total. The summed E-state index contributed by atoms with van der Waals surface area (Å²) >= 11 is 0. The summed E-state index contributed by atoms with van der Waals surface area (Å²) in [5.74, 6) is 0.575. The van der Waals surface area contributed by atoms with E-state index >= 15 is 0 Å². The molecule has 1 heterocycles. The Labute approximate surface area is 111 Å². The first-order valence-electron chi connectivity index (χ1n) is 6.34. The number of rotatable bonds is 6. The summed E-state index contributed by atoms with van der Waals surface area (Å²) in [6.45, 7) is 3.45. The highest BCUT2D eigenvalue weighted by atomic mass is 16.5. The molecule has 1 aromatic carbocycles. The highest BCUT2D eigenvalue weighted by Crippen LogP contribution is 2.21. The first kappa shape index (κ1) is 13.6. The SMILES string of the molecule is CCNCC(O)COc1c[nH]c(=O)c2ccccc12. The number of hydrogen-bond donors (Lipinski definition) is 3. The molecule has 0 radical (unpaired) electrons. The van der Waals surface area contributed by atoms with Crippen molar-refractivity contribution in [3.8, 4) is 5.75 Å². The largest absolute Gasteiger partial charge is 0.489 e. The van der Waals surface area contributed by atoms with Crippen LogP contribution in [-0.4, -0.2) is 35.9 Å². The van der Waals surface area contributed by atoms with Gasteiger partial charge in [0.1, 0.15) is 18.5 Å². The van der Waals surface area contributed by atoms with E-state index < -0.39 is 6.10 Å². The molecule has 2 aromatic rings. The van der Waals surface area contributed by atoms with Crippen LogP contribution in [0.15, 0.2) is 35.3 Å². The second-order valence-electron chi connectivity index (χ2n) is 4.30. The van der Waals surface area contributed by atoms with Crippen LogP contribution in [0.25, 0.3) is 10.8 Å². The standard InChI is InChI=1S/C14H18N2O3/c1-2-15-7-10(17)9-19-13-8-16-14(18)12-6-4-3-5-11(12)13/h3-6,8,10,15,17H,2,7,9H2,1H3,(H,16,18). The number of ether oxygens (including phenoxy) is 1. The van der Waals surface area contributed by atoms with Crippen molar-refractivity contribution >= 4 is 10.8 Å². The normalized spacial score (nSPS) is 12.5. The van der Waals surface area contributed by atoms with Gasteiger partial charge in [-0.05, 0) is 12.6 Å². The van der Waals surface area contributed by atoms with Crippen molar-refractivity contribution in [1.82, 2.24) is 10.3 Å². The number of fused-ring (bicyclic) bond motifs is 1. The van der Waals surface area contributed by atoms with E-state index in [9.17, 15) is 9.90 Å². The average Bonchev–Trinajstić information content (AvgIpc) is 2.45. The van der Waals surface area contributed by atoms with E-state index in [1.165, 1.54) is 6.20 Å². The third kappa shape index (κ3) is 3.33. The minimum Gasteiger partial charge on any atom is -0.489 e. The quantitative estimate of drug-likeness (QED) is 0.722. The minimum atomic E-state index is -0.578. The molecule has 1 unspecified atom stereocenters. The summed E-state index contributed by atoms with van der Waals surface area (Å²) in [4.78, 5) is 14.3. The lowest BCUT2D eigenvalue weighted by Gasteiger charge is -2.13. The fraction of sp³-hybridized carbons (Fsp3) is 0.357. The van der Waals surface area contributed by atoms with Crippen LogP contribution in [0, 0.1) is 0 Å². The number of aliphatic hydroxyl groups excluding tert-OH is 1. The van der Waals surface area contributed by atoms with Crippen LogP contribution in [0.4, 0.5) is 0 Å². The Bertz CT molecular complexity index is 595. The number of aliphatic hydroxyl groups is 1. The first-order valence-corrected chi connectivity index (χ1v) is 6.34. The molecule has 1 atom stereocenters. The van der Waals surface area contributed by atoms with Crippen LogP contribution >= 0.6 is 0 Å². The van der Waals surface area contributed by atoms with Gasteiger partial charge >= 0.3 is 0 Å². The zero-order chi connectivity index (χ0) is 13.7. The van der Waals surface area contributed by atoms with Gasteiger partial charge < -0.3 is 20.1 Å². The molecule has 2 rings (SSSR count). The molecule has 0 saturated carbocycles. The number of H-pyrrole nitrogens is 1. The molecule has 1 aromatic heterocycles. The van der Waals surface area contributed by atoms with Crippen molar-refractivity contribution in [3.05, 3.63) is 40.8 Å². The van der Waals surface area contributed by atoms with Gasteiger partial charge in [-0.3, -0.25) is 4.79 Å². The van der Waals surface area contributed by atoms with Crippen molar-refractivity contribution in [3.63, 3.8) is 0 Å². The number of aromatic nitrogens is 1. The highest BCUT2D eigenvalue weighted by molar-refractivity contribution is 5.86. The van der Waals surface area contributed by atoms with Crippen molar-refractivity contribution in [2.45, 2.75) is 13.0 Å². The van der Waals surface area contributed by atoms with Crippen LogP contribution < -0.4 is 15.6 Å². The second kappa shape index (κ2) is 6.36. The predicted molar refractivity (Wildman–Crippen MR) is 74.6 cm³/mol. The molecule has 0 spiro atoms. The monoisotopic (exact) mass is 262 g/mol. The van der Waals surface area contributed by atoms with Crippen LogP contribution in [0.3, 0.4) is 0 Å². The number of benzene rings is 1. The van der Waals surface area contributed by atoms with Gasteiger partial charge in [-0.2, -0.15) is 0 Å². The van der Waals surface area contributed by atoms with Crippen molar-refractivity contribution in [2.24, 2.45) is 0 Å². The molecule has 102 valence electrons. The van der Waals surface area contributed by atoms with Crippen LogP contribution in [0.5, 0.6) is 5.75 Å². The Kier molecular flexibility index (Phi) is 4.54. The maximum atomic E-state index is 11.6. The van der Waals surface area contributed by atoms with Gasteiger partial charge in [-0.25, -0.2) is 0 Å². The lowest BCUT2D eigenvalue weighted by Crippen LogP contribution is -2.31. The van der Waals surface area contributed by atoms with Crippen LogP contribution in [0.1, 0.15) is 6.92 Å². The van der Waals surface area contributed by atoms with Gasteiger partial charge in [0.2, 0.25) is 0 Å². The van der Waals surface area contributed by atoms with Crippen LogP contribution in [-0.2, 0) is 0 Å². The van der Waals surface area contributed by atoms with Gasteiger partial charge in [0.15, 0.2) is 0 Å². The Balaban J connectivity index is 2.13. The number of aromatic amines is 1. The van der Waals surface area contributed by atoms with Gasteiger partial charge in [0.25, 0.3) is 5.56 Å². The summed E-state index contributed by atoms with van der Waals surface area (Å²) in [6, 6.07) is 7.23. The zero-order valence-electron chi connectivity index (χ0n) is 10.8. The molecule has 0 bridgehead atoms. The molecule has 0 amide bonds. The molecule has 5 heteroatoms. The van der Waals surface area contributed by atoms with E-state index in [1.807, 2.05) is 19.1 Å². The van der Waals surface area contributed by atoms with Crippen LogP contribution in [0.2, 0.25) is 0 Å². The molecule has 0 aliphatic heterocycles. The first-order chi connectivity index (χ1) is 9.22. The van der Waals surface area contributed by atoms with Gasteiger partial charge in [-0.1, -0.05) is 25.1 Å². The molecule has 0 saturated heterocycles. The Hall–Kier alpha value is -1.85. The van der Waals surface area contributed by atoms with Gasteiger partial charge in [-0.15, -0.1) is 0 Å². The molecule has 0 aliphatic carbocycles. The number of likely N-dealkylation sites (N-methyl/N-ethyl adjacent to an activating group) is 1. The molecule has 0 aliphatic rings. The van der Waals surface area contributed by atoms with Crippen molar-refractivity contribution in [2.75, 3.05) is 19.7 Å². The Morgan fingerprint density at radius 1 is 1.37 bits per heavy atom. The summed E-state index contributed by atoms with van der Waals surface area (Å²) in [6.07, 6.45) is 0.954. The Morgan fingerprint density at radius 2 is 2.11 bits per heavy atom. The van der Waals surface area contributed by atoms with Crippen molar-refractivity contribution < 1.29 is 9.84 Å². The number of pyridine rings is 1. The van der Waals surface area contributed by atoms with Gasteiger partial charge in [0, 0.05) is 18.1 Å². The second-order valence-corrected chi connectivity index (χ2v) is 4.30. The van der Waals surface area contributed by atoms with E-state index in [2.05, 4.69) is 10.3 Å². The third-order valence-corrected chi connectivity index (χ3v) is 2.83. The zero-order valence-corrected chi connectivity index (χ0v) is 10.8. The molecule has 0 fully saturated rings. The molecular formula is C14H18N2O3. The summed E-state index contributed by atoms with van der Waals surface area (Å²) < 4.78 is 5.57. The highest BCUT2D eigenvalue weighted by Gasteiger charge is 2.08. The van der Waals surface area contributed by atoms with E-state index in [0.717, 1.165) is 11.9 Å². The van der Waals surface area contributed by atoms with Crippen molar-refractivity contribution in [1.29, 1.82) is 0 Å². The van der Waals surface area contributed by atoms with E-state index in [0.29, 0.717) is 17.7 Å². The van der Waals surface area contributed by atoms with E-state index in [1.54, 1.807) is 12.1 Å². The Morgan fingerprint density at radius 3 is 2.84 bits per heavy atom. The topological polar surface area (TPSA) is 74.3 Å². The summed E-state index contributed by atoms with van der Waals surface area (Å²) in [7, 11) is 0. The fourth-order valence-electron chi connectivity index (χ4n) is 1.86. The smallest absolute Gasteiger partial charge is 0.256 e.